The van der Waals surface area contributed by atoms with Crippen LogP contribution in [-0.2, 0) is 11.0 Å². The first kappa shape index (κ1) is 14.0. The third kappa shape index (κ3) is 3.34. The van der Waals surface area contributed by atoms with Gasteiger partial charge in [-0.2, -0.15) is 22.5 Å². The molecule has 19 heavy (non-hydrogen) atoms. The number of carboxylic acids is 1. The van der Waals surface area contributed by atoms with Crippen LogP contribution >= 0.6 is 11.5 Å². The lowest BCUT2D eigenvalue weighted by Gasteiger charge is -2.26. The molecule has 1 aromatic rings. The maximum atomic E-state index is 12.5. The number of nitrogens with zero attached hydrogens (tertiary/aromatic N) is 3. The van der Waals surface area contributed by atoms with E-state index in [0.717, 1.165) is 25.7 Å². The van der Waals surface area contributed by atoms with Crippen molar-refractivity contribution >= 4 is 22.6 Å². The summed E-state index contributed by atoms with van der Waals surface area (Å²) < 4.78 is 40.6. The highest BCUT2D eigenvalue weighted by Gasteiger charge is 2.37. The number of hydrogen-bond acceptors (Lipinski definition) is 5. The minimum atomic E-state index is -4.60. The van der Waals surface area contributed by atoms with Crippen molar-refractivity contribution in [2.24, 2.45) is 0 Å². The number of aliphatic carboxylic acids is 1. The Kier molecular flexibility index (Phi) is 3.93. The van der Waals surface area contributed by atoms with Crippen LogP contribution in [0.2, 0.25) is 0 Å². The summed E-state index contributed by atoms with van der Waals surface area (Å²) in [6, 6.07) is -0.0647. The summed E-state index contributed by atoms with van der Waals surface area (Å²) in [5, 5.41) is 8.89. The van der Waals surface area contributed by atoms with Gasteiger partial charge < -0.3 is 10.0 Å². The Balaban J connectivity index is 2.22. The highest BCUT2D eigenvalue weighted by molar-refractivity contribution is 7.09. The Morgan fingerprint density at radius 3 is 2.53 bits per heavy atom. The first-order valence-corrected chi connectivity index (χ1v) is 6.54. The van der Waals surface area contributed by atoms with Gasteiger partial charge in [-0.05, 0) is 12.8 Å². The summed E-state index contributed by atoms with van der Waals surface area (Å²) in [6.45, 7) is -0.350. The molecule has 0 aromatic carbocycles. The molecule has 106 valence electrons. The van der Waals surface area contributed by atoms with Crippen molar-refractivity contribution in [3.63, 3.8) is 0 Å². The highest BCUT2D eigenvalue weighted by atomic mass is 32.1. The molecule has 1 aliphatic carbocycles. The molecular weight excluding hydrogens is 283 g/mol. The Hall–Kier alpha value is -1.38. The second kappa shape index (κ2) is 5.32. The Bertz CT molecular complexity index is 457. The van der Waals surface area contributed by atoms with Crippen LogP contribution in [-0.4, -0.2) is 33.0 Å². The van der Waals surface area contributed by atoms with E-state index in [4.69, 9.17) is 5.11 Å². The first-order chi connectivity index (χ1) is 8.88. The van der Waals surface area contributed by atoms with Gasteiger partial charge in [0.25, 0.3) is 0 Å². The lowest BCUT2D eigenvalue weighted by Crippen LogP contribution is -2.37. The van der Waals surface area contributed by atoms with Crippen molar-refractivity contribution in [1.29, 1.82) is 0 Å². The molecule has 0 saturated heterocycles. The van der Waals surface area contributed by atoms with Crippen LogP contribution in [0.5, 0.6) is 0 Å². The molecule has 5 nitrogen and oxygen atoms in total. The minimum Gasteiger partial charge on any atom is -0.480 e. The number of halogens is 3. The van der Waals surface area contributed by atoms with Crippen LogP contribution in [0, 0.1) is 0 Å². The molecule has 0 amide bonds. The third-order valence-electron chi connectivity index (χ3n) is 2.99. The lowest BCUT2D eigenvalue weighted by molar-refractivity contribution is -0.144. The van der Waals surface area contributed by atoms with E-state index in [1.54, 1.807) is 0 Å². The maximum absolute atomic E-state index is 12.5. The van der Waals surface area contributed by atoms with E-state index in [1.807, 2.05) is 0 Å². The minimum absolute atomic E-state index is 0.0293. The molecule has 0 radical (unpaired) electrons. The highest BCUT2D eigenvalue weighted by Crippen LogP contribution is 2.33. The molecular formula is C10H12F3N3O2S. The Morgan fingerprint density at radius 1 is 1.42 bits per heavy atom. The summed E-state index contributed by atoms with van der Waals surface area (Å²) in [6.07, 6.45) is -1.15. The van der Waals surface area contributed by atoms with Gasteiger partial charge in [-0.15, -0.1) is 0 Å². The summed E-state index contributed by atoms with van der Waals surface area (Å²) in [5.41, 5.74) is 0. The van der Waals surface area contributed by atoms with Crippen molar-refractivity contribution in [1.82, 2.24) is 9.36 Å². The quantitative estimate of drug-likeness (QED) is 0.924. The van der Waals surface area contributed by atoms with Crippen LogP contribution in [0.15, 0.2) is 0 Å². The molecule has 1 N–H and O–H groups in total. The van der Waals surface area contributed by atoms with Crippen molar-refractivity contribution in [2.75, 3.05) is 11.4 Å². The summed E-state index contributed by atoms with van der Waals surface area (Å²) in [7, 11) is 0. The van der Waals surface area contributed by atoms with Crippen LogP contribution in [0.3, 0.4) is 0 Å². The number of alkyl halides is 3. The van der Waals surface area contributed by atoms with Crippen LogP contribution in [0.25, 0.3) is 0 Å². The zero-order valence-corrected chi connectivity index (χ0v) is 10.7. The van der Waals surface area contributed by atoms with Gasteiger partial charge >= 0.3 is 12.1 Å². The van der Waals surface area contributed by atoms with Gasteiger partial charge in [0.05, 0.1) is 0 Å². The number of rotatable bonds is 4. The monoisotopic (exact) mass is 295 g/mol. The third-order valence-corrected chi connectivity index (χ3v) is 3.74. The predicted molar refractivity (Wildman–Crippen MR) is 62.1 cm³/mol. The number of anilines is 1. The second-order valence-corrected chi connectivity index (χ2v) is 5.09. The maximum Gasteiger partial charge on any atom is 0.452 e. The fraction of sp³-hybridized carbons (Fsp3) is 0.700. The number of aromatic nitrogens is 2. The molecule has 1 aromatic heterocycles. The normalized spacial score (nSPS) is 16.8. The molecule has 0 spiro atoms. The van der Waals surface area contributed by atoms with E-state index >= 15 is 0 Å². The summed E-state index contributed by atoms with van der Waals surface area (Å²) in [5.74, 6) is -2.29. The lowest BCUT2D eigenvalue weighted by atomic mass is 10.2. The average molecular weight is 295 g/mol. The smallest absolute Gasteiger partial charge is 0.452 e. The van der Waals surface area contributed by atoms with Gasteiger partial charge in [0, 0.05) is 17.6 Å². The molecule has 0 bridgehead atoms. The molecule has 0 unspecified atom stereocenters. The molecule has 1 saturated carbocycles. The number of carboxylic acid groups (broad SMARTS) is 1. The van der Waals surface area contributed by atoms with Gasteiger partial charge in [0.2, 0.25) is 11.0 Å². The zero-order valence-electron chi connectivity index (χ0n) is 9.85. The van der Waals surface area contributed by atoms with Crippen molar-refractivity contribution < 1.29 is 23.1 Å². The molecule has 1 heterocycles. The van der Waals surface area contributed by atoms with E-state index in [1.165, 1.54) is 4.90 Å². The second-order valence-electron chi connectivity index (χ2n) is 4.36. The SMILES string of the molecule is O=C(O)CN(c1nc(C(F)(F)F)ns1)C1CCCC1. The van der Waals surface area contributed by atoms with Gasteiger partial charge in [0.15, 0.2) is 0 Å². The number of hydrogen-bond donors (Lipinski definition) is 1. The molecule has 2 rings (SSSR count). The van der Waals surface area contributed by atoms with Gasteiger partial charge in [-0.1, -0.05) is 12.8 Å². The first-order valence-electron chi connectivity index (χ1n) is 5.77. The van der Waals surface area contributed by atoms with E-state index < -0.39 is 18.0 Å². The van der Waals surface area contributed by atoms with Crippen LogP contribution in [0.4, 0.5) is 18.3 Å². The molecule has 1 aliphatic rings. The van der Waals surface area contributed by atoms with Crippen LogP contribution in [0.1, 0.15) is 31.5 Å². The average Bonchev–Trinajstić information content (AvgIpc) is 2.96. The van der Waals surface area contributed by atoms with Gasteiger partial charge in [0.1, 0.15) is 6.54 Å². The molecule has 9 heteroatoms. The molecule has 0 atom stereocenters. The van der Waals surface area contributed by atoms with Gasteiger partial charge in [-0.25, -0.2) is 0 Å². The largest absolute Gasteiger partial charge is 0.480 e. The fourth-order valence-electron chi connectivity index (χ4n) is 2.16. The zero-order chi connectivity index (χ0) is 14.0. The van der Waals surface area contributed by atoms with Gasteiger partial charge in [-0.3, -0.25) is 4.79 Å². The van der Waals surface area contributed by atoms with Crippen molar-refractivity contribution in [3.05, 3.63) is 5.82 Å². The Morgan fingerprint density at radius 2 is 2.05 bits per heavy atom. The van der Waals surface area contributed by atoms with E-state index in [9.17, 15) is 18.0 Å². The van der Waals surface area contributed by atoms with E-state index in [-0.39, 0.29) is 17.7 Å². The Labute approximate surface area is 111 Å². The fourth-order valence-corrected chi connectivity index (χ4v) is 2.92. The number of carbonyl (C=O) groups is 1. The molecule has 0 aliphatic heterocycles. The molecule has 1 fully saturated rings. The van der Waals surface area contributed by atoms with Crippen molar-refractivity contribution in [3.8, 4) is 0 Å². The standard InChI is InChI=1S/C10H12F3N3O2S/c11-10(12,13)8-14-9(19-15-8)16(5-7(17)18)6-3-1-2-4-6/h6H,1-5H2,(H,17,18). The topological polar surface area (TPSA) is 66.3 Å². The summed E-state index contributed by atoms with van der Waals surface area (Å²) >= 11 is 0.595. The van der Waals surface area contributed by atoms with Crippen LogP contribution < -0.4 is 4.90 Å². The van der Waals surface area contributed by atoms with E-state index in [0.29, 0.717) is 11.5 Å². The van der Waals surface area contributed by atoms with Crippen molar-refractivity contribution in [2.45, 2.75) is 37.9 Å². The van der Waals surface area contributed by atoms with E-state index in [2.05, 4.69) is 9.36 Å². The summed E-state index contributed by atoms with van der Waals surface area (Å²) in [4.78, 5) is 15.7. The predicted octanol–water partition coefficient (Wildman–Crippen LogP) is 2.39.